The number of aryl methyl sites for hydroxylation is 1. The fourth-order valence-corrected chi connectivity index (χ4v) is 6.76. The number of fused-ring (bicyclic) bond motifs is 1. The molecular formula is C23H30N4O4S2. The minimum Gasteiger partial charge on any atom is -0.492 e. The van der Waals surface area contributed by atoms with Gasteiger partial charge in [-0.1, -0.05) is 13.8 Å². The fourth-order valence-electron chi connectivity index (χ4n) is 4.02. The van der Waals surface area contributed by atoms with Crippen molar-refractivity contribution in [3.8, 4) is 5.75 Å². The normalized spacial score (nSPS) is 14.9. The molecule has 2 aromatic heterocycles. The molecule has 1 fully saturated rings. The average molecular weight is 491 g/mol. The summed E-state index contributed by atoms with van der Waals surface area (Å²) in [5, 5.41) is 8.42. The van der Waals surface area contributed by atoms with E-state index < -0.39 is 10.0 Å². The van der Waals surface area contributed by atoms with Gasteiger partial charge in [0.25, 0.3) is 5.91 Å². The number of hydrogen-bond donors (Lipinski definition) is 1. The number of nitrogens with zero attached hydrogens (tertiary/aromatic N) is 3. The molecule has 33 heavy (non-hydrogen) atoms. The molecule has 0 radical (unpaired) electrons. The average Bonchev–Trinajstić information content (AvgIpc) is 3.49. The number of benzene rings is 1. The zero-order valence-corrected chi connectivity index (χ0v) is 21.1. The molecule has 178 valence electrons. The van der Waals surface area contributed by atoms with E-state index in [1.54, 1.807) is 12.1 Å². The molecule has 0 atom stereocenters. The summed E-state index contributed by atoms with van der Waals surface area (Å²) in [6, 6.07) is 6.63. The van der Waals surface area contributed by atoms with Crippen molar-refractivity contribution in [1.29, 1.82) is 0 Å². The van der Waals surface area contributed by atoms with E-state index in [1.807, 2.05) is 24.6 Å². The van der Waals surface area contributed by atoms with Crippen LogP contribution in [0.2, 0.25) is 0 Å². The van der Waals surface area contributed by atoms with Crippen LogP contribution in [0.15, 0.2) is 29.2 Å². The molecule has 0 bridgehead atoms. The summed E-state index contributed by atoms with van der Waals surface area (Å²) >= 11 is 1.39. The Morgan fingerprint density at radius 1 is 1.24 bits per heavy atom. The number of rotatable bonds is 8. The van der Waals surface area contributed by atoms with Crippen LogP contribution in [-0.4, -0.2) is 48.1 Å². The van der Waals surface area contributed by atoms with Crippen molar-refractivity contribution in [2.75, 3.05) is 25.0 Å². The summed E-state index contributed by atoms with van der Waals surface area (Å²) < 4.78 is 35.4. The molecule has 1 aliphatic heterocycles. The Morgan fingerprint density at radius 3 is 2.64 bits per heavy atom. The van der Waals surface area contributed by atoms with E-state index in [0.29, 0.717) is 41.9 Å². The van der Waals surface area contributed by atoms with Gasteiger partial charge in [-0.3, -0.25) is 9.48 Å². The summed E-state index contributed by atoms with van der Waals surface area (Å²) in [4.78, 5) is 14.6. The molecule has 8 nitrogen and oxygen atoms in total. The molecule has 1 amide bonds. The van der Waals surface area contributed by atoms with Gasteiger partial charge < -0.3 is 10.1 Å². The predicted octanol–water partition coefficient (Wildman–Crippen LogP) is 4.50. The number of ether oxygens (including phenoxy) is 1. The highest BCUT2D eigenvalue weighted by molar-refractivity contribution is 7.89. The van der Waals surface area contributed by atoms with Gasteiger partial charge in [-0.05, 0) is 56.9 Å². The molecule has 3 aromatic rings. The van der Waals surface area contributed by atoms with Crippen LogP contribution in [-0.2, 0) is 16.6 Å². The highest BCUT2D eigenvalue weighted by Gasteiger charge is 2.30. The van der Waals surface area contributed by atoms with E-state index >= 15 is 0 Å². The molecule has 1 N–H and O–H groups in total. The molecule has 3 heterocycles. The van der Waals surface area contributed by atoms with Gasteiger partial charge in [0.2, 0.25) is 10.0 Å². The summed E-state index contributed by atoms with van der Waals surface area (Å²) in [7, 11) is -3.70. The molecule has 0 unspecified atom stereocenters. The number of hydrogen-bond acceptors (Lipinski definition) is 6. The van der Waals surface area contributed by atoms with Gasteiger partial charge in [0, 0.05) is 30.7 Å². The predicted molar refractivity (Wildman–Crippen MR) is 131 cm³/mol. The quantitative estimate of drug-likeness (QED) is 0.502. The van der Waals surface area contributed by atoms with Crippen LogP contribution in [0.5, 0.6) is 5.75 Å². The van der Waals surface area contributed by atoms with Crippen LogP contribution < -0.4 is 10.1 Å². The zero-order chi connectivity index (χ0) is 23.8. The van der Waals surface area contributed by atoms with Crippen molar-refractivity contribution in [3.63, 3.8) is 0 Å². The second-order valence-corrected chi connectivity index (χ2v) is 11.6. The maximum Gasteiger partial charge on any atom is 0.265 e. The summed E-state index contributed by atoms with van der Waals surface area (Å²) in [6.45, 7) is 10.1. The minimum atomic E-state index is -3.70. The van der Waals surface area contributed by atoms with Crippen molar-refractivity contribution in [3.05, 3.63) is 34.8 Å². The molecule has 0 saturated carbocycles. The first kappa shape index (κ1) is 23.7. The lowest BCUT2D eigenvalue weighted by Gasteiger charge is -2.19. The highest BCUT2D eigenvalue weighted by atomic mass is 32.2. The van der Waals surface area contributed by atoms with E-state index in [0.717, 1.165) is 35.3 Å². The molecule has 0 spiro atoms. The summed E-state index contributed by atoms with van der Waals surface area (Å²) in [5.74, 6) is 0.459. The maximum absolute atomic E-state index is 13.2. The topological polar surface area (TPSA) is 93.5 Å². The Bertz CT molecular complexity index is 1270. The van der Waals surface area contributed by atoms with E-state index in [9.17, 15) is 13.2 Å². The number of thiophene rings is 1. The summed E-state index contributed by atoms with van der Waals surface area (Å²) in [5.41, 5.74) is 1.31. The number of anilines is 1. The maximum atomic E-state index is 13.2. The first-order valence-corrected chi connectivity index (χ1v) is 13.5. The van der Waals surface area contributed by atoms with Gasteiger partial charge in [-0.2, -0.15) is 9.40 Å². The van der Waals surface area contributed by atoms with Crippen molar-refractivity contribution in [2.45, 2.75) is 52.0 Å². The van der Waals surface area contributed by atoms with Crippen LogP contribution in [0, 0.1) is 12.8 Å². The SMILES string of the molecule is CCOc1ccc(NC(=O)c2cc3c(C)nn(CC(C)C)c3s2)cc1S(=O)(=O)N1CCCC1. The Balaban J connectivity index is 1.63. The van der Waals surface area contributed by atoms with E-state index in [4.69, 9.17) is 4.74 Å². The van der Waals surface area contributed by atoms with E-state index in [2.05, 4.69) is 24.3 Å². The third-order valence-electron chi connectivity index (χ3n) is 5.55. The van der Waals surface area contributed by atoms with Crippen LogP contribution in [0.3, 0.4) is 0 Å². The number of carbonyl (C=O) groups excluding carboxylic acids is 1. The van der Waals surface area contributed by atoms with Crippen LogP contribution >= 0.6 is 11.3 Å². The monoisotopic (exact) mass is 490 g/mol. The Hall–Kier alpha value is -2.43. The fraction of sp³-hybridized carbons (Fsp3) is 0.478. The molecular weight excluding hydrogens is 460 g/mol. The molecule has 4 rings (SSSR count). The van der Waals surface area contributed by atoms with Gasteiger partial charge in [0.1, 0.15) is 15.5 Å². The highest BCUT2D eigenvalue weighted by Crippen LogP contribution is 2.33. The van der Waals surface area contributed by atoms with Crippen LogP contribution in [0.25, 0.3) is 10.2 Å². The molecule has 0 aliphatic carbocycles. The molecule has 1 saturated heterocycles. The Labute approximate surface area is 198 Å². The lowest BCUT2D eigenvalue weighted by atomic mass is 10.2. The number of sulfonamides is 1. The van der Waals surface area contributed by atoms with Crippen LogP contribution in [0.4, 0.5) is 5.69 Å². The standard InChI is InChI=1S/C23H30N4O4S2/c1-5-31-19-9-8-17(12-21(19)33(29,30)26-10-6-7-11-26)24-22(28)20-13-18-16(4)25-27(14-15(2)3)23(18)32-20/h8-9,12-13,15H,5-7,10-11,14H2,1-4H3,(H,24,28). The van der Waals surface area contributed by atoms with Crippen molar-refractivity contribution in [1.82, 2.24) is 14.1 Å². The minimum absolute atomic E-state index is 0.0869. The smallest absolute Gasteiger partial charge is 0.265 e. The largest absolute Gasteiger partial charge is 0.492 e. The lowest BCUT2D eigenvalue weighted by Crippen LogP contribution is -2.28. The lowest BCUT2D eigenvalue weighted by molar-refractivity contribution is 0.103. The van der Waals surface area contributed by atoms with E-state index in [1.165, 1.54) is 21.7 Å². The van der Waals surface area contributed by atoms with Gasteiger partial charge >= 0.3 is 0 Å². The second-order valence-electron chi connectivity index (χ2n) is 8.65. The third-order valence-corrected chi connectivity index (χ3v) is 8.62. The van der Waals surface area contributed by atoms with Gasteiger partial charge in [-0.15, -0.1) is 11.3 Å². The first-order chi connectivity index (χ1) is 15.7. The number of amides is 1. The number of aromatic nitrogens is 2. The number of carbonyl (C=O) groups is 1. The Morgan fingerprint density at radius 2 is 1.97 bits per heavy atom. The summed E-state index contributed by atoms with van der Waals surface area (Å²) in [6.07, 6.45) is 1.69. The Kier molecular flexibility index (Phi) is 6.78. The van der Waals surface area contributed by atoms with E-state index in [-0.39, 0.29) is 10.8 Å². The van der Waals surface area contributed by atoms with Crippen molar-refractivity contribution >= 4 is 43.2 Å². The number of nitrogens with one attached hydrogen (secondary N) is 1. The van der Waals surface area contributed by atoms with Crippen molar-refractivity contribution < 1.29 is 17.9 Å². The van der Waals surface area contributed by atoms with Gasteiger partial charge in [0.15, 0.2) is 0 Å². The first-order valence-electron chi connectivity index (χ1n) is 11.3. The molecule has 1 aliphatic rings. The zero-order valence-electron chi connectivity index (χ0n) is 19.4. The van der Waals surface area contributed by atoms with Gasteiger partial charge in [0.05, 0.1) is 17.2 Å². The third kappa shape index (κ3) is 4.78. The van der Waals surface area contributed by atoms with Crippen LogP contribution in [0.1, 0.15) is 49.0 Å². The van der Waals surface area contributed by atoms with Crippen molar-refractivity contribution in [2.24, 2.45) is 5.92 Å². The van der Waals surface area contributed by atoms with Gasteiger partial charge in [-0.25, -0.2) is 8.42 Å². The second kappa shape index (κ2) is 9.44. The molecule has 1 aromatic carbocycles. The molecule has 10 heteroatoms.